The van der Waals surface area contributed by atoms with Crippen molar-refractivity contribution in [3.05, 3.63) is 93.0 Å². The number of aromatic amines is 2. The SMILES string of the molecule is Nc1ccc2[nH]c(-c3ccc([N+](=O)[O-])cc3)nc2n1.O=C(Nc1ccc2[nH]c(-c3ccc([N+](=O)[O-])cc3)nc2n1)C1CCCCC1. The molecule has 4 aromatic heterocycles. The van der Waals surface area contributed by atoms with Crippen molar-refractivity contribution in [2.24, 2.45) is 5.92 Å². The minimum Gasteiger partial charge on any atom is -0.384 e. The number of nitro groups is 2. The fourth-order valence-electron chi connectivity index (χ4n) is 5.22. The van der Waals surface area contributed by atoms with Crippen LogP contribution in [0.2, 0.25) is 0 Å². The van der Waals surface area contributed by atoms with Crippen LogP contribution in [0.5, 0.6) is 0 Å². The van der Waals surface area contributed by atoms with Crippen LogP contribution in [0.3, 0.4) is 0 Å². The first-order chi connectivity index (χ1) is 22.2. The number of hydrogen-bond acceptors (Lipinski definition) is 10. The van der Waals surface area contributed by atoms with Crippen LogP contribution in [0.25, 0.3) is 45.1 Å². The largest absolute Gasteiger partial charge is 0.384 e. The van der Waals surface area contributed by atoms with E-state index in [0.717, 1.165) is 47.8 Å². The molecule has 0 atom stereocenters. The maximum Gasteiger partial charge on any atom is 0.269 e. The van der Waals surface area contributed by atoms with E-state index >= 15 is 0 Å². The van der Waals surface area contributed by atoms with E-state index in [0.29, 0.717) is 34.6 Å². The van der Waals surface area contributed by atoms with Gasteiger partial charge in [-0.2, -0.15) is 0 Å². The summed E-state index contributed by atoms with van der Waals surface area (Å²) in [4.78, 5) is 56.4. The predicted molar refractivity (Wildman–Crippen MR) is 172 cm³/mol. The van der Waals surface area contributed by atoms with E-state index in [9.17, 15) is 25.0 Å². The Morgan fingerprint density at radius 3 is 1.72 bits per heavy atom. The van der Waals surface area contributed by atoms with Crippen molar-refractivity contribution >= 4 is 51.2 Å². The lowest BCUT2D eigenvalue weighted by molar-refractivity contribution is -0.385. The van der Waals surface area contributed by atoms with E-state index in [1.807, 2.05) is 6.07 Å². The number of benzene rings is 2. The fourth-order valence-corrected chi connectivity index (χ4v) is 5.22. The van der Waals surface area contributed by atoms with Crippen LogP contribution in [0.4, 0.5) is 23.0 Å². The highest BCUT2D eigenvalue weighted by molar-refractivity contribution is 5.92. The Labute approximate surface area is 260 Å². The van der Waals surface area contributed by atoms with Crippen LogP contribution in [0.15, 0.2) is 72.8 Å². The summed E-state index contributed by atoms with van der Waals surface area (Å²) in [5.74, 6) is 2.14. The number of amides is 1. The van der Waals surface area contributed by atoms with Crippen molar-refractivity contribution in [1.82, 2.24) is 29.9 Å². The lowest BCUT2D eigenvalue weighted by Gasteiger charge is -2.20. The van der Waals surface area contributed by atoms with E-state index in [4.69, 9.17) is 5.73 Å². The highest BCUT2D eigenvalue weighted by Gasteiger charge is 2.21. The Kier molecular flexibility index (Phi) is 8.28. The van der Waals surface area contributed by atoms with Crippen LogP contribution in [0, 0.1) is 26.1 Å². The van der Waals surface area contributed by atoms with Crippen molar-refractivity contribution in [3.63, 3.8) is 0 Å². The summed E-state index contributed by atoms with van der Waals surface area (Å²) in [5.41, 5.74) is 9.65. The van der Waals surface area contributed by atoms with Gasteiger partial charge >= 0.3 is 0 Å². The molecule has 0 aliphatic heterocycles. The summed E-state index contributed by atoms with van der Waals surface area (Å²) in [6, 6.07) is 19.3. The topological polar surface area (TPSA) is 225 Å². The molecule has 46 heavy (non-hydrogen) atoms. The van der Waals surface area contributed by atoms with Gasteiger partial charge in [-0.3, -0.25) is 25.0 Å². The lowest BCUT2D eigenvalue weighted by Crippen LogP contribution is -2.25. The Morgan fingerprint density at radius 1 is 0.696 bits per heavy atom. The van der Waals surface area contributed by atoms with Gasteiger partial charge in [0.1, 0.15) is 23.3 Å². The molecule has 1 aliphatic rings. The Hall–Kier alpha value is -6.25. The van der Waals surface area contributed by atoms with Crippen LogP contribution in [0.1, 0.15) is 32.1 Å². The number of hydrogen-bond donors (Lipinski definition) is 4. The summed E-state index contributed by atoms with van der Waals surface area (Å²) in [6.45, 7) is 0. The summed E-state index contributed by atoms with van der Waals surface area (Å²) >= 11 is 0. The molecule has 1 saturated carbocycles. The zero-order valence-corrected chi connectivity index (χ0v) is 24.3. The van der Waals surface area contributed by atoms with Crippen molar-refractivity contribution in [2.45, 2.75) is 32.1 Å². The molecule has 0 radical (unpaired) electrons. The van der Waals surface area contributed by atoms with Gasteiger partial charge in [-0.1, -0.05) is 19.3 Å². The van der Waals surface area contributed by atoms with Crippen LogP contribution in [-0.4, -0.2) is 45.7 Å². The number of non-ortho nitro benzene ring substituents is 2. The van der Waals surface area contributed by atoms with E-state index in [1.54, 1.807) is 42.5 Å². The maximum atomic E-state index is 12.4. The van der Waals surface area contributed by atoms with Gasteiger partial charge in [0.15, 0.2) is 11.3 Å². The zero-order valence-electron chi connectivity index (χ0n) is 24.3. The molecule has 15 heteroatoms. The molecule has 6 aromatic rings. The molecular weight excluding hydrogens is 592 g/mol. The number of nitrogens with one attached hydrogen (secondary N) is 3. The Morgan fingerprint density at radius 2 is 1.20 bits per heavy atom. The van der Waals surface area contributed by atoms with Gasteiger partial charge in [-0.25, -0.2) is 19.9 Å². The monoisotopic (exact) mass is 620 g/mol. The lowest BCUT2D eigenvalue weighted by atomic mass is 9.89. The second kappa shape index (κ2) is 12.8. The van der Waals surface area contributed by atoms with Crippen molar-refractivity contribution in [1.29, 1.82) is 0 Å². The molecule has 15 nitrogen and oxygen atoms in total. The minimum absolute atomic E-state index is 0.0210. The number of fused-ring (bicyclic) bond motifs is 2. The van der Waals surface area contributed by atoms with Gasteiger partial charge in [0.05, 0.1) is 20.9 Å². The molecule has 4 heterocycles. The van der Waals surface area contributed by atoms with Crippen LogP contribution in [-0.2, 0) is 4.79 Å². The zero-order chi connectivity index (χ0) is 32.2. The highest BCUT2D eigenvalue weighted by atomic mass is 16.6. The third kappa shape index (κ3) is 6.62. The molecule has 0 unspecified atom stereocenters. The van der Waals surface area contributed by atoms with Gasteiger partial charge in [0, 0.05) is 41.3 Å². The number of nitro benzene ring substituents is 2. The maximum absolute atomic E-state index is 12.4. The molecule has 232 valence electrons. The Balaban J connectivity index is 0.000000172. The van der Waals surface area contributed by atoms with Gasteiger partial charge in [0.25, 0.3) is 11.4 Å². The third-order valence-corrected chi connectivity index (χ3v) is 7.64. The van der Waals surface area contributed by atoms with Gasteiger partial charge in [0.2, 0.25) is 5.91 Å². The van der Waals surface area contributed by atoms with Crippen molar-refractivity contribution < 1.29 is 14.6 Å². The number of imidazole rings is 2. The first kappa shape index (κ1) is 29.8. The number of H-pyrrole nitrogens is 2. The number of aromatic nitrogens is 6. The molecule has 1 amide bonds. The summed E-state index contributed by atoms with van der Waals surface area (Å²) < 4.78 is 0. The predicted octanol–water partition coefficient (Wildman–Crippen LogP) is 6.17. The summed E-state index contributed by atoms with van der Waals surface area (Å²) in [5, 5.41) is 24.2. The molecule has 7 rings (SSSR count). The van der Waals surface area contributed by atoms with E-state index < -0.39 is 9.85 Å². The molecule has 1 fully saturated rings. The van der Waals surface area contributed by atoms with Gasteiger partial charge in [-0.15, -0.1) is 0 Å². The molecule has 0 saturated heterocycles. The number of nitrogen functional groups attached to an aromatic ring is 1. The van der Waals surface area contributed by atoms with Crippen LogP contribution >= 0.6 is 0 Å². The molecule has 2 aromatic carbocycles. The smallest absolute Gasteiger partial charge is 0.269 e. The summed E-state index contributed by atoms with van der Waals surface area (Å²) in [7, 11) is 0. The number of anilines is 2. The molecule has 0 bridgehead atoms. The first-order valence-corrected chi connectivity index (χ1v) is 14.5. The quantitative estimate of drug-likeness (QED) is 0.122. The number of rotatable bonds is 6. The molecule has 5 N–H and O–H groups in total. The average molecular weight is 621 g/mol. The highest BCUT2D eigenvalue weighted by Crippen LogP contribution is 2.26. The van der Waals surface area contributed by atoms with Gasteiger partial charge in [-0.05, 0) is 61.4 Å². The third-order valence-electron chi connectivity index (χ3n) is 7.64. The fraction of sp³-hybridized carbons (Fsp3) is 0.194. The number of nitrogens with two attached hydrogens (primary N) is 1. The number of nitrogens with zero attached hydrogens (tertiary/aromatic N) is 6. The van der Waals surface area contributed by atoms with Crippen LogP contribution < -0.4 is 11.1 Å². The minimum atomic E-state index is -0.440. The van der Waals surface area contributed by atoms with Crippen molar-refractivity contribution in [2.75, 3.05) is 11.1 Å². The average Bonchev–Trinajstić information content (AvgIpc) is 3.69. The molecule has 1 aliphatic carbocycles. The van der Waals surface area contributed by atoms with Gasteiger partial charge < -0.3 is 21.0 Å². The second-order valence-electron chi connectivity index (χ2n) is 10.8. The normalized spacial score (nSPS) is 13.2. The Bertz CT molecular complexity index is 2050. The van der Waals surface area contributed by atoms with Crippen molar-refractivity contribution in [3.8, 4) is 22.8 Å². The summed E-state index contributed by atoms with van der Waals surface area (Å²) in [6.07, 6.45) is 5.26. The first-order valence-electron chi connectivity index (χ1n) is 14.5. The number of pyridine rings is 2. The second-order valence-corrected chi connectivity index (χ2v) is 10.8. The number of carbonyl (C=O) groups is 1. The van der Waals surface area contributed by atoms with E-state index in [-0.39, 0.29) is 23.2 Å². The van der Waals surface area contributed by atoms with E-state index in [1.165, 1.54) is 30.7 Å². The standard InChI is InChI=1S/C19H19N5O3.C12H9N5O2/c25-19(13-4-2-1-3-5-13)22-16-11-10-15-18(21-16)23-17(20-15)12-6-8-14(9-7-12)24(26)27;13-10-6-5-9-12(15-10)16-11(14-9)7-1-3-8(4-2-7)17(18)19/h6-11,13H,1-5H2,(H2,20,21,22,23,25);1-6H,(H3,13,14,15,16). The number of carbonyl (C=O) groups excluding carboxylic acids is 1. The molecule has 0 spiro atoms. The van der Waals surface area contributed by atoms with E-state index in [2.05, 4.69) is 35.2 Å². The molecular formula is C31H28N10O5.